The topological polar surface area (TPSA) is 85.0 Å². The Morgan fingerprint density at radius 3 is 2.49 bits per heavy atom. The van der Waals surface area contributed by atoms with Crippen molar-refractivity contribution in [2.24, 2.45) is 17.8 Å². The number of pyridine rings is 1. The molecule has 2 aliphatic heterocycles. The number of imidazole rings is 1. The van der Waals surface area contributed by atoms with E-state index < -0.39 is 35.3 Å². The maximum absolute atomic E-state index is 14.3. The number of nitrogens with zero attached hydrogens (tertiary/aromatic N) is 6. The summed E-state index contributed by atoms with van der Waals surface area (Å²) in [5.41, 5.74) is 0.430. The molecular formula is C30H32ClF3N6O3. The second kappa shape index (κ2) is 10.8. The van der Waals surface area contributed by atoms with E-state index in [1.165, 1.54) is 12.3 Å². The van der Waals surface area contributed by atoms with Gasteiger partial charge in [0.2, 0.25) is 0 Å². The van der Waals surface area contributed by atoms with Gasteiger partial charge < -0.3 is 14.5 Å². The molecule has 0 aromatic carbocycles. The molecule has 2 fully saturated rings. The summed E-state index contributed by atoms with van der Waals surface area (Å²) in [5, 5.41) is 4.10. The summed E-state index contributed by atoms with van der Waals surface area (Å²) >= 11 is 6.18. The minimum atomic E-state index is -4.45. The van der Waals surface area contributed by atoms with Crippen molar-refractivity contribution in [3.8, 4) is 0 Å². The largest absolute Gasteiger partial charge is 0.455 e. The number of alkyl halides is 3. The van der Waals surface area contributed by atoms with Crippen LogP contribution in [-0.2, 0) is 4.74 Å². The van der Waals surface area contributed by atoms with Gasteiger partial charge in [-0.3, -0.25) is 4.40 Å². The van der Waals surface area contributed by atoms with E-state index in [0.29, 0.717) is 43.1 Å². The van der Waals surface area contributed by atoms with Crippen LogP contribution in [-0.4, -0.2) is 85.5 Å². The van der Waals surface area contributed by atoms with Gasteiger partial charge in [0.1, 0.15) is 11.2 Å². The van der Waals surface area contributed by atoms with Crippen LogP contribution in [0.1, 0.15) is 43.4 Å². The van der Waals surface area contributed by atoms with E-state index in [2.05, 4.69) is 15.0 Å². The molecule has 3 aromatic rings. The summed E-state index contributed by atoms with van der Waals surface area (Å²) in [6.07, 6.45) is 3.66. The molecule has 0 saturated carbocycles. The number of ether oxygens (including phenoxy) is 1. The number of fused-ring (bicyclic) bond motifs is 2. The summed E-state index contributed by atoms with van der Waals surface area (Å²) < 4.78 is 50.9. The Morgan fingerprint density at radius 2 is 1.81 bits per heavy atom. The number of amides is 1. The average molecular weight is 617 g/mol. The molecule has 0 bridgehead atoms. The van der Waals surface area contributed by atoms with Crippen molar-refractivity contribution in [3.05, 3.63) is 70.9 Å². The van der Waals surface area contributed by atoms with Crippen LogP contribution in [0.3, 0.4) is 0 Å². The highest BCUT2D eigenvalue weighted by molar-refractivity contribution is 6.33. The Bertz CT molecular complexity index is 1620. The quantitative estimate of drug-likeness (QED) is 0.357. The number of hydrogen-bond acceptors (Lipinski definition) is 6. The lowest BCUT2D eigenvalue weighted by Gasteiger charge is -2.30. The van der Waals surface area contributed by atoms with Gasteiger partial charge >= 0.3 is 18.2 Å². The predicted molar refractivity (Wildman–Crippen MR) is 154 cm³/mol. The third kappa shape index (κ3) is 5.95. The van der Waals surface area contributed by atoms with Gasteiger partial charge in [-0.2, -0.15) is 23.0 Å². The lowest BCUT2D eigenvalue weighted by atomic mass is 9.86. The van der Waals surface area contributed by atoms with Crippen LogP contribution >= 0.6 is 11.6 Å². The monoisotopic (exact) mass is 616 g/mol. The van der Waals surface area contributed by atoms with Crippen LogP contribution < -0.4 is 0 Å². The molecule has 5 heterocycles. The Morgan fingerprint density at radius 1 is 1.09 bits per heavy atom. The van der Waals surface area contributed by atoms with Gasteiger partial charge in [-0.15, -0.1) is 0 Å². The Hall–Kier alpha value is -3.64. The lowest BCUT2D eigenvalue weighted by Crippen LogP contribution is -2.38. The van der Waals surface area contributed by atoms with E-state index >= 15 is 0 Å². The first kappa shape index (κ1) is 29.4. The van der Waals surface area contributed by atoms with E-state index in [1.54, 1.807) is 42.5 Å². The van der Waals surface area contributed by atoms with Crippen LogP contribution in [0.25, 0.3) is 11.2 Å². The number of rotatable bonds is 4. The first-order chi connectivity index (χ1) is 20.3. The minimum absolute atomic E-state index is 0.0211. The lowest BCUT2D eigenvalue weighted by molar-refractivity contribution is -0.100. The number of hydrogen-bond donors (Lipinski definition) is 0. The number of allylic oxidation sites excluding steroid dienone is 3. The van der Waals surface area contributed by atoms with E-state index in [4.69, 9.17) is 16.3 Å². The number of esters is 1. The highest BCUT2D eigenvalue weighted by Crippen LogP contribution is 2.41. The molecule has 3 aliphatic rings. The number of aromatic nitrogens is 4. The van der Waals surface area contributed by atoms with Crippen molar-refractivity contribution in [1.82, 2.24) is 29.0 Å². The van der Waals surface area contributed by atoms with Crippen LogP contribution in [0.15, 0.2) is 54.5 Å². The predicted octanol–water partition coefficient (Wildman–Crippen LogP) is 5.56. The molecule has 228 valence electrons. The summed E-state index contributed by atoms with van der Waals surface area (Å²) in [6.45, 7) is 7.55. The molecular weight excluding hydrogens is 585 g/mol. The summed E-state index contributed by atoms with van der Waals surface area (Å²) in [4.78, 5) is 33.6. The van der Waals surface area contributed by atoms with Gasteiger partial charge in [0.25, 0.3) is 0 Å². The summed E-state index contributed by atoms with van der Waals surface area (Å²) in [7, 11) is 0. The Labute approximate surface area is 251 Å². The van der Waals surface area contributed by atoms with Gasteiger partial charge in [-0.25, -0.2) is 14.6 Å². The van der Waals surface area contributed by atoms with Crippen molar-refractivity contribution in [1.29, 1.82) is 0 Å². The molecule has 0 spiro atoms. The maximum Gasteiger partial charge on any atom is 0.413 e. The molecule has 6 rings (SSSR count). The molecule has 13 heteroatoms. The number of likely N-dealkylation sites (tertiary alicyclic amines) is 2. The minimum Gasteiger partial charge on any atom is -0.455 e. The van der Waals surface area contributed by atoms with Crippen molar-refractivity contribution in [3.63, 3.8) is 0 Å². The fourth-order valence-electron chi connectivity index (χ4n) is 6.32. The van der Waals surface area contributed by atoms with Gasteiger partial charge in [-0.05, 0) is 62.8 Å². The first-order valence-corrected chi connectivity index (χ1v) is 14.6. The van der Waals surface area contributed by atoms with E-state index in [1.807, 2.05) is 24.3 Å². The fourth-order valence-corrected chi connectivity index (χ4v) is 6.53. The number of halogens is 4. The molecule has 3 aromatic heterocycles. The van der Waals surface area contributed by atoms with Crippen LogP contribution in [0.4, 0.5) is 18.0 Å². The van der Waals surface area contributed by atoms with Crippen LogP contribution in [0.5, 0.6) is 0 Å². The molecule has 1 amide bonds. The molecule has 9 nitrogen and oxygen atoms in total. The Balaban J connectivity index is 1.09. The zero-order valence-electron chi connectivity index (χ0n) is 24.0. The van der Waals surface area contributed by atoms with E-state index in [0.717, 1.165) is 4.68 Å². The molecule has 3 unspecified atom stereocenters. The maximum atomic E-state index is 14.3. The molecule has 43 heavy (non-hydrogen) atoms. The highest BCUT2D eigenvalue weighted by atomic mass is 35.5. The number of carbonyl (C=O) groups excluding carboxylic acids is 2. The van der Waals surface area contributed by atoms with Crippen LogP contribution in [0, 0.1) is 17.8 Å². The first-order valence-electron chi connectivity index (χ1n) is 14.2. The van der Waals surface area contributed by atoms with Gasteiger partial charge in [0, 0.05) is 50.4 Å². The molecule has 3 atom stereocenters. The summed E-state index contributed by atoms with van der Waals surface area (Å²) in [5.74, 6) is -1.14. The molecule has 2 saturated heterocycles. The SMILES string of the molecule is CC(C)(C)OC(=O)c1nn(C(=O)N2CC3CN(CC4CC=C(c5cnc6ccccn56)C=C4C(F)(F)F)CC3C2)cc1Cl. The number of carbonyl (C=O) groups is 2. The smallest absolute Gasteiger partial charge is 0.413 e. The highest BCUT2D eigenvalue weighted by Gasteiger charge is 2.45. The Kier molecular flexibility index (Phi) is 7.40. The zero-order valence-corrected chi connectivity index (χ0v) is 24.8. The molecule has 0 N–H and O–H groups in total. The molecule has 0 radical (unpaired) electrons. The van der Waals surface area contributed by atoms with Crippen LogP contribution in [0.2, 0.25) is 5.02 Å². The van der Waals surface area contributed by atoms with Gasteiger partial charge in [0.05, 0.1) is 23.1 Å². The van der Waals surface area contributed by atoms with Crippen molar-refractivity contribution >= 4 is 34.8 Å². The van der Waals surface area contributed by atoms with Crippen molar-refractivity contribution in [2.75, 3.05) is 32.7 Å². The van der Waals surface area contributed by atoms with Gasteiger partial charge in [0.15, 0.2) is 5.69 Å². The second-order valence-electron chi connectivity index (χ2n) is 12.5. The summed E-state index contributed by atoms with van der Waals surface area (Å²) in [6, 6.07) is 5.07. The standard InChI is InChI=1S/C30H32ClF3N6O3/c1-29(2,3)43-27(41)26-23(31)17-40(36-26)28(42)38-15-20-13-37(14-21(20)16-38)12-19-8-7-18(10-22(19)30(32,33)34)24-11-35-25-6-4-5-9-39(24)25/h4-7,9-11,17,19-21H,8,12-16H2,1-3H3. The average Bonchev–Trinajstić information content (AvgIpc) is 3.69. The third-order valence-electron chi connectivity index (χ3n) is 8.18. The molecule has 1 aliphatic carbocycles. The van der Waals surface area contributed by atoms with E-state index in [9.17, 15) is 22.8 Å². The van der Waals surface area contributed by atoms with Crippen molar-refractivity contribution in [2.45, 2.75) is 39.0 Å². The van der Waals surface area contributed by atoms with E-state index in [-0.39, 0.29) is 35.5 Å². The second-order valence-corrected chi connectivity index (χ2v) is 12.9. The zero-order chi connectivity index (χ0) is 30.7. The van der Waals surface area contributed by atoms with Gasteiger partial charge in [-0.1, -0.05) is 23.7 Å². The van der Waals surface area contributed by atoms with Crippen molar-refractivity contribution < 1.29 is 27.5 Å². The normalized spacial score (nSPS) is 23.0. The third-order valence-corrected chi connectivity index (χ3v) is 8.46. The fraction of sp³-hybridized carbons (Fsp3) is 0.467.